The van der Waals surface area contributed by atoms with E-state index in [1.807, 2.05) is 36.1 Å². The monoisotopic (exact) mass is 493 g/mol. The predicted octanol–water partition coefficient (Wildman–Crippen LogP) is 4.77. The largest absolute Gasteiger partial charge is 0.454 e. The van der Waals surface area contributed by atoms with E-state index in [1.54, 1.807) is 12.1 Å². The second kappa shape index (κ2) is 10.3. The van der Waals surface area contributed by atoms with Crippen molar-refractivity contribution in [2.45, 2.75) is 44.8 Å². The first kappa shape index (κ1) is 24.3. The minimum Gasteiger partial charge on any atom is -0.454 e. The number of benzene rings is 2. The van der Waals surface area contributed by atoms with Crippen molar-refractivity contribution in [3.05, 3.63) is 88.7 Å². The van der Waals surface area contributed by atoms with Crippen molar-refractivity contribution in [3.63, 3.8) is 0 Å². The minimum atomic E-state index is -0.803. The summed E-state index contributed by atoms with van der Waals surface area (Å²) in [5.41, 5.74) is 3.18. The van der Waals surface area contributed by atoms with Gasteiger partial charge >= 0.3 is 0 Å². The molecule has 0 radical (unpaired) electrons. The molecule has 2 aromatic carbocycles. The summed E-state index contributed by atoms with van der Waals surface area (Å²) in [5, 5.41) is 12.5. The van der Waals surface area contributed by atoms with Gasteiger partial charge in [-0.25, -0.2) is 8.78 Å². The molecule has 5 rings (SSSR count). The Morgan fingerprint density at radius 3 is 2.75 bits per heavy atom. The van der Waals surface area contributed by atoms with Crippen LogP contribution in [0.25, 0.3) is 0 Å². The quantitative estimate of drug-likeness (QED) is 0.449. The number of halogens is 2. The summed E-state index contributed by atoms with van der Waals surface area (Å²) in [7, 11) is 0. The first-order chi connectivity index (χ1) is 17.4. The normalized spacial score (nSPS) is 17.0. The van der Waals surface area contributed by atoms with Crippen LogP contribution in [0.5, 0.6) is 11.5 Å². The lowest BCUT2D eigenvalue weighted by molar-refractivity contribution is 0.0627. The van der Waals surface area contributed by atoms with Crippen molar-refractivity contribution < 1.29 is 23.4 Å². The number of aliphatic hydroxyl groups is 1. The Bertz CT molecular complexity index is 1260. The van der Waals surface area contributed by atoms with Gasteiger partial charge in [-0.1, -0.05) is 12.1 Å². The average molecular weight is 494 g/mol. The molecular formula is C28H29F2N3O3. The third-order valence-corrected chi connectivity index (χ3v) is 6.76. The van der Waals surface area contributed by atoms with Gasteiger partial charge in [-0.3, -0.25) is 9.78 Å². The van der Waals surface area contributed by atoms with E-state index < -0.39 is 11.6 Å². The van der Waals surface area contributed by atoms with Gasteiger partial charge in [0.05, 0.1) is 24.0 Å². The van der Waals surface area contributed by atoms with Crippen molar-refractivity contribution in [3.8, 4) is 11.5 Å². The highest BCUT2D eigenvalue weighted by Gasteiger charge is 2.41. The summed E-state index contributed by atoms with van der Waals surface area (Å²) in [4.78, 5) is 20.5. The molecule has 2 aliphatic rings. The smallest absolute Gasteiger partial charge is 0.254 e. The van der Waals surface area contributed by atoms with Crippen LogP contribution in [0.4, 0.5) is 8.78 Å². The molecule has 2 unspecified atom stereocenters. The standard InChI is InChI=1S/C28H29F2N3O3/c1-17(16-34)31-15-21-3-2-4-25(32-21)27(19-5-6-19)33-12-11-18-7-9-22(14-23(18)28(33)35)36-26-10-8-20(29)13-24(26)30/h2-4,7-10,13-14,17,19,27,31,34H,5-6,11-12,15-16H2,1H3. The lowest BCUT2D eigenvalue weighted by Gasteiger charge is -2.36. The number of amides is 1. The lowest BCUT2D eigenvalue weighted by atomic mass is 9.95. The highest BCUT2D eigenvalue weighted by Crippen LogP contribution is 2.45. The summed E-state index contributed by atoms with van der Waals surface area (Å²) < 4.78 is 33.0. The summed E-state index contributed by atoms with van der Waals surface area (Å²) in [6, 6.07) is 14.0. The summed E-state index contributed by atoms with van der Waals surface area (Å²) >= 11 is 0. The van der Waals surface area contributed by atoms with E-state index >= 15 is 0 Å². The lowest BCUT2D eigenvalue weighted by Crippen LogP contribution is -2.41. The first-order valence-corrected chi connectivity index (χ1v) is 12.3. The number of nitrogens with one attached hydrogen (secondary N) is 1. The number of rotatable bonds is 9. The Morgan fingerprint density at radius 1 is 1.17 bits per heavy atom. The van der Waals surface area contributed by atoms with Gasteiger partial charge in [-0.15, -0.1) is 0 Å². The van der Waals surface area contributed by atoms with Crippen LogP contribution in [0.2, 0.25) is 0 Å². The Morgan fingerprint density at radius 2 is 2.00 bits per heavy atom. The van der Waals surface area contributed by atoms with Gasteiger partial charge in [-0.2, -0.15) is 0 Å². The van der Waals surface area contributed by atoms with Crippen molar-refractivity contribution >= 4 is 5.91 Å². The molecule has 6 nitrogen and oxygen atoms in total. The maximum atomic E-state index is 14.1. The molecule has 2 atom stereocenters. The third-order valence-electron chi connectivity index (χ3n) is 6.76. The van der Waals surface area contributed by atoms with E-state index in [-0.39, 0.29) is 30.3 Å². The molecule has 1 aliphatic carbocycles. The van der Waals surface area contributed by atoms with Crippen LogP contribution in [0, 0.1) is 17.6 Å². The predicted molar refractivity (Wildman–Crippen MR) is 131 cm³/mol. The summed E-state index contributed by atoms with van der Waals surface area (Å²) in [6.45, 7) is 3.07. The average Bonchev–Trinajstić information content (AvgIpc) is 3.71. The molecule has 2 heterocycles. The fourth-order valence-electron chi connectivity index (χ4n) is 4.66. The fraction of sp³-hybridized carbons (Fsp3) is 0.357. The van der Waals surface area contributed by atoms with E-state index in [9.17, 15) is 18.7 Å². The van der Waals surface area contributed by atoms with Gasteiger partial charge in [0.2, 0.25) is 0 Å². The molecule has 36 heavy (non-hydrogen) atoms. The van der Waals surface area contributed by atoms with Crippen LogP contribution in [-0.2, 0) is 13.0 Å². The Labute approximate surface area is 208 Å². The molecule has 3 aromatic rings. The van der Waals surface area contributed by atoms with E-state index in [0.717, 1.165) is 41.9 Å². The van der Waals surface area contributed by atoms with Crippen molar-refractivity contribution in [2.24, 2.45) is 5.92 Å². The van der Waals surface area contributed by atoms with Crippen molar-refractivity contribution in [1.82, 2.24) is 15.2 Å². The zero-order valence-corrected chi connectivity index (χ0v) is 20.1. The number of nitrogens with zero attached hydrogens (tertiary/aromatic N) is 2. The highest BCUT2D eigenvalue weighted by atomic mass is 19.1. The van der Waals surface area contributed by atoms with Gasteiger partial charge in [0.15, 0.2) is 11.6 Å². The van der Waals surface area contributed by atoms with Crippen LogP contribution < -0.4 is 10.1 Å². The van der Waals surface area contributed by atoms with E-state index in [4.69, 9.17) is 9.72 Å². The van der Waals surface area contributed by atoms with Crippen LogP contribution in [0.3, 0.4) is 0 Å². The second-order valence-electron chi connectivity index (χ2n) is 9.54. The second-order valence-corrected chi connectivity index (χ2v) is 9.54. The van der Waals surface area contributed by atoms with Gasteiger partial charge in [0.1, 0.15) is 11.6 Å². The third kappa shape index (κ3) is 5.24. The Hall–Kier alpha value is -3.36. The molecule has 1 aliphatic heterocycles. The van der Waals surface area contributed by atoms with Crippen molar-refractivity contribution in [1.29, 1.82) is 0 Å². The topological polar surface area (TPSA) is 74.7 Å². The number of fused-ring (bicyclic) bond motifs is 1. The number of pyridine rings is 1. The zero-order valence-electron chi connectivity index (χ0n) is 20.1. The number of ether oxygens (including phenoxy) is 1. The number of carbonyl (C=O) groups is 1. The highest BCUT2D eigenvalue weighted by molar-refractivity contribution is 5.97. The molecule has 2 N–H and O–H groups in total. The van der Waals surface area contributed by atoms with Crippen LogP contribution in [0.15, 0.2) is 54.6 Å². The van der Waals surface area contributed by atoms with Crippen LogP contribution in [-0.4, -0.2) is 40.1 Å². The van der Waals surface area contributed by atoms with Gasteiger partial charge in [-0.05, 0) is 74.1 Å². The summed E-state index contributed by atoms with van der Waals surface area (Å²) in [5.74, 6) is -1.01. The number of carbonyl (C=O) groups excluding carboxylic acids is 1. The van der Waals surface area contributed by atoms with Gasteiger partial charge in [0.25, 0.3) is 5.91 Å². The fourth-order valence-corrected chi connectivity index (χ4v) is 4.66. The van der Waals surface area contributed by atoms with E-state index in [0.29, 0.717) is 36.7 Å². The maximum absolute atomic E-state index is 14.1. The zero-order chi connectivity index (χ0) is 25.2. The number of aliphatic hydroxyl groups excluding tert-OH is 1. The van der Waals surface area contributed by atoms with Crippen LogP contribution in [0.1, 0.15) is 53.1 Å². The first-order valence-electron chi connectivity index (χ1n) is 12.3. The maximum Gasteiger partial charge on any atom is 0.254 e. The van der Waals surface area contributed by atoms with Gasteiger partial charge < -0.3 is 20.1 Å². The van der Waals surface area contributed by atoms with E-state index in [2.05, 4.69) is 5.32 Å². The molecule has 0 bridgehead atoms. The minimum absolute atomic E-state index is 0.0327. The van der Waals surface area contributed by atoms with Crippen molar-refractivity contribution in [2.75, 3.05) is 13.2 Å². The molecule has 188 valence electrons. The number of hydrogen-bond donors (Lipinski definition) is 2. The molecule has 1 fully saturated rings. The molecule has 0 saturated heterocycles. The number of aromatic nitrogens is 1. The van der Waals surface area contributed by atoms with E-state index in [1.165, 1.54) is 6.07 Å². The molecule has 1 aromatic heterocycles. The van der Waals surface area contributed by atoms with Gasteiger partial charge in [0, 0.05) is 30.8 Å². The Kier molecular flexibility index (Phi) is 6.98. The molecule has 1 saturated carbocycles. The van der Waals surface area contributed by atoms with Crippen LogP contribution >= 0.6 is 0 Å². The molecular weight excluding hydrogens is 464 g/mol. The molecule has 1 amide bonds. The molecule has 8 heteroatoms. The SMILES string of the molecule is CC(CO)NCc1cccc(C(C2CC2)N2CCc3ccc(Oc4ccc(F)cc4F)cc3C2=O)n1. The Balaban J connectivity index is 1.39. The molecule has 0 spiro atoms. The number of hydrogen-bond acceptors (Lipinski definition) is 5. The summed E-state index contributed by atoms with van der Waals surface area (Å²) in [6.07, 6.45) is 2.78.